The van der Waals surface area contributed by atoms with Gasteiger partial charge in [-0.15, -0.1) is 0 Å². The number of amides is 1. The number of hydrogen-bond donors (Lipinski definition) is 2. The van der Waals surface area contributed by atoms with Crippen molar-refractivity contribution in [3.63, 3.8) is 0 Å². The Labute approximate surface area is 261 Å². The highest BCUT2D eigenvalue weighted by molar-refractivity contribution is 5.87. The largest absolute Gasteiger partial charge is 0.494 e. The molecule has 2 aromatic carbocycles. The molecule has 1 saturated heterocycles. The van der Waals surface area contributed by atoms with Crippen LogP contribution in [0.5, 0.6) is 11.6 Å². The number of rotatable bonds is 14. The van der Waals surface area contributed by atoms with Crippen molar-refractivity contribution in [3.05, 3.63) is 59.8 Å². The third-order valence-corrected chi connectivity index (χ3v) is 9.34. The summed E-state index contributed by atoms with van der Waals surface area (Å²) in [6.45, 7) is 6.30. The summed E-state index contributed by atoms with van der Waals surface area (Å²) in [5, 5.41) is 23.3. The van der Waals surface area contributed by atoms with Gasteiger partial charge in [-0.05, 0) is 36.1 Å². The number of likely N-dealkylation sites (tertiary alicyclic amines) is 1. The maximum Gasteiger partial charge on any atom is 0.308 e. The van der Waals surface area contributed by atoms with E-state index in [9.17, 15) is 19.8 Å². The first-order valence-electron chi connectivity index (χ1n) is 16.1. The number of benzene rings is 2. The molecule has 3 aromatic rings. The van der Waals surface area contributed by atoms with Crippen molar-refractivity contribution >= 4 is 22.6 Å². The summed E-state index contributed by atoms with van der Waals surface area (Å²) >= 11 is 0. The molecule has 0 radical (unpaired) electrons. The Morgan fingerprint density at radius 3 is 2.59 bits per heavy atom. The molecule has 2 N–H and O–H groups in total. The van der Waals surface area contributed by atoms with E-state index >= 15 is 0 Å². The Balaban J connectivity index is 1.41. The summed E-state index contributed by atoms with van der Waals surface area (Å²) in [6, 6.07) is 13.4. The van der Waals surface area contributed by atoms with E-state index in [-0.39, 0.29) is 30.3 Å². The van der Waals surface area contributed by atoms with Gasteiger partial charge in [0.15, 0.2) is 5.88 Å². The second-order valence-corrected chi connectivity index (χ2v) is 13.6. The van der Waals surface area contributed by atoms with Crippen molar-refractivity contribution in [1.82, 2.24) is 14.4 Å². The van der Waals surface area contributed by atoms with Crippen LogP contribution in [0.15, 0.2) is 48.7 Å². The number of aryl methyl sites for hydroxylation is 1. The van der Waals surface area contributed by atoms with Gasteiger partial charge in [0, 0.05) is 67.9 Å². The lowest BCUT2D eigenvalue weighted by Crippen LogP contribution is -2.45. The first-order valence-corrected chi connectivity index (χ1v) is 16.1. The molecule has 1 fully saturated rings. The number of aliphatic carboxylic acids is 1. The number of fused-ring (bicyclic) bond motifs is 2. The van der Waals surface area contributed by atoms with Crippen molar-refractivity contribution in [3.8, 4) is 11.6 Å². The molecule has 9 heteroatoms. The normalized spacial score (nSPS) is 20.1. The van der Waals surface area contributed by atoms with Gasteiger partial charge in [0.05, 0.1) is 46.8 Å². The van der Waals surface area contributed by atoms with Crippen LogP contribution in [-0.2, 0) is 22.6 Å². The smallest absolute Gasteiger partial charge is 0.308 e. The van der Waals surface area contributed by atoms with Crippen LogP contribution in [0.4, 0.5) is 0 Å². The number of carbonyl (C=O) groups excluding carboxylic acids is 1. The highest BCUT2D eigenvalue weighted by Gasteiger charge is 2.47. The van der Waals surface area contributed by atoms with Crippen molar-refractivity contribution in [2.45, 2.75) is 57.5 Å². The second-order valence-electron chi connectivity index (χ2n) is 13.6. The summed E-state index contributed by atoms with van der Waals surface area (Å²) < 4.78 is 8.37. The number of hydrogen-bond acceptors (Lipinski definition) is 5. The summed E-state index contributed by atoms with van der Waals surface area (Å²) in [4.78, 5) is 31.0. The monoisotopic (exact) mass is 605 g/mol. The van der Waals surface area contributed by atoms with Crippen LogP contribution < -0.4 is 4.74 Å². The van der Waals surface area contributed by atoms with Crippen LogP contribution in [0.2, 0.25) is 0 Å². The zero-order valence-electron chi connectivity index (χ0n) is 26.7. The SMILES string of the molecule is CCCCN(CCC[N+](C)(C)C)C(=O)CN1C[C@H](c2ccc3c(c2)CCO3)C(C(=O)O)[C@@H]1CCn1cc2ccccc2c1O. The Morgan fingerprint density at radius 2 is 1.86 bits per heavy atom. The van der Waals surface area contributed by atoms with Crippen LogP contribution in [0, 0.1) is 5.92 Å². The van der Waals surface area contributed by atoms with E-state index in [2.05, 4.69) is 39.0 Å². The van der Waals surface area contributed by atoms with Gasteiger partial charge in [-0.2, -0.15) is 0 Å². The van der Waals surface area contributed by atoms with Crippen molar-refractivity contribution < 1.29 is 29.0 Å². The van der Waals surface area contributed by atoms with Gasteiger partial charge in [0.2, 0.25) is 5.91 Å². The molecule has 3 atom stereocenters. The van der Waals surface area contributed by atoms with Gasteiger partial charge in [-0.1, -0.05) is 43.7 Å². The molecular formula is C35H49N4O5+. The lowest BCUT2D eigenvalue weighted by atomic mass is 9.83. The van der Waals surface area contributed by atoms with Gasteiger partial charge < -0.3 is 28.9 Å². The minimum atomic E-state index is -0.848. The van der Waals surface area contributed by atoms with E-state index in [4.69, 9.17) is 4.74 Å². The maximum atomic E-state index is 13.9. The van der Waals surface area contributed by atoms with Crippen LogP contribution >= 0.6 is 0 Å². The predicted octanol–water partition coefficient (Wildman–Crippen LogP) is 4.57. The van der Waals surface area contributed by atoms with E-state index in [0.29, 0.717) is 39.2 Å². The van der Waals surface area contributed by atoms with Gasteiger partial charge in [0.25, 0.3) is 0 Å². The maximum absolute atomic E-state index is 13.9. The van der Waals surface area contributed by atoms with Crippen molar-refractivity contribution in [2.24, 2.45) is 5.92 Å². The zero-order chi connectivity index (χ0) is 31.4. The van der Waals surface area contributed by atoms with Crippen LogP contribution in [0.25, 0.3) is 10.8 Å². The quantitative estimate of drug-likeness (QED) is 0.262. The molecule has 1 aromatic heterocycles. The van der Waals surface area contributed by atoms with Crippen molar-refractivity contribution in [1.29, 1.82) is 0 Å². The van der Waals surface area contributed by atoms with Crippen LogP contribution in [0.3, 0.4) is 0 Å². The molecule has 0 aliphatic carbocycles. The number of carbonyl (C=O) groups is 2. The second kappa shape index (κ2) is 13.6. The van der Waals surface area contributed by atoms with E-state index in [0.717, 1.165) is 64.4 Å². The fourth-order valence-electron chi connectivity index (χ4n) is 6.99. The number of carboxylic acids is 1. The Kier molecular flexibility index (Phi) is 9.85. The minimum absolute atomic E-state index is 0.0616. The molecule has 1 unspecified atom stereocenters. The lowest BCUT2D eigenvalue weighted by molar-refractivity contribution is -0.870. The van der Waals surface area contributed by atoms with Crippen LogP contribution in [-0.4, -0.2) is 107 Å². The number of ether oxygens (including phenoxy) is 1. The molecule has 2 aliphatic rings. The summed E-state index contributed by atoms with van der Waals surface area (Å²) in [5.74, 6) is -0.664. The van der Waals surface area contributed by atoms with Gasteiger partial charge in [0.1, 0.15) is 5.75 Å². The standard InChI is InChI=1S/C35H48N4O5/c1-5-6-16-36(17-9-19-39(2,3)4)32(40)24-38-23-29(25-12-13-31-26(21-25)15-20-44-31)33(35(42)43)30(38)14-18-37-22-27-10-7-8-11-28(27)34(37)41/h7-8,10-13,21-22,29-30,33H,5-6,9,14-20,23-24H2,1-4H3,(H-,41,42,43)/p+1/t29-,30+,33?/m1/s1. The molecule has 44 heavy (non-hydrogen) atoms. The number of carboxylic acid groups (broad SMARTS) is 1. The first-order chi connectivity index (χ1) is 21.1. The van der Waals surface area contributed by atoms with E-state index < -0.39 is 11.9 Å². The zero-order valence-corrected chi connectivity index (χ0v) is 26.7. The molecular weight excluding hydrogens is 556 g/mol. The molecule has 0 spiro atoms. The number of quaternary nitrogens is 1. The molecule has 0 saturated carbocycles. The number of aromatic hydroxyl groups is 1. The Bertz CT molecular complexity index is 1460. The molecule has 3 heterocycles. The average Bonchev–Trinajstić information content (AvgIpc) is 3.68. The van der Waals surface area contributed by atoms with E-state index in [1.54, 1.807) is 0 Å². The third-order valence-electron chi connectivity index (χ3n) is 9.34. The van der Waals surface area contributed by atoms with Gasteiger partial charge in [-0.3, -0.25) is 14.5 Å². The average molecular weight is 606 g/mol. The summed E-state index contributed by atoms with van der Waals surface area (Å²) in [6.07, 6.45) is 6.10. The predicted molar refractivity (Wildman–Crippen MR) is 172 cm³/mol. The fourth-order valence-corrected chi connectivity index (χ4v) is 6.99. The van der Waals surface area contributed by atoms with Crippen LogP contribution in [0.1, 0.15) is 49.7 Å². The third kappa shape index (κ3) is 7.21. The van der Waals surface area contributed by atoms with E-state index in [1.807, 2.05) is 52.1 Å². The highest BCUT2D eigenvalue weighted by atomic mass is 16.5. The summed E-state index contributed by atoms with van der Waals surface area (Å²) in [5.41, 5.74) is 2.10. The Morgan fingerprint density at radius 1 is 1.09 bits per heavy atom. The molecule has 9 nitrogen and oxygen atoms in total. The number of unbranched alkanes of at least 4 members (excludes halogenated alkanes) is 1. The first kappa shape index (κ1) is 31.9. The van der Waals surface area contributed by atoms with E-state index in [1.165, 1.54) is 0 Å². The summed E-state index contributed by atoms with van der Waals surface area (Å²) in [7, 11) is 6.49. The fraction of sp³-hybridized carbons (Fsp3) is 0.543. The highest BCUT2D eigenvalue weighted by Crippen LogP contribution is 2.41. The molecule has 2 aliphatic heterocycles. The lowest BCUT2D eigenvalue weighted by Gasteiger charge is -2.31. The number of nitrogens with zero attached hydrogens (tertiary/aromatic N) is 4. The molecule has 5 rings (SSSR count). The molecule has 238 valence electrons. The topological polar surface area (TPSA) is 95.2 Å². The minimum Gasteiger partial charge on any atom is -0.494 e. The van der Waals surface area contributed by atoms with Crippen molar-refractivity contribution in [2.75, 3.05) is 60.5 Å². The Hall–Kier alpha value is -3.56. The molecule has 0 bridgehead atoms. The van der Waals surface area contributed by atoms with Gasteiger partial charge in [-0.25, -0.2) is 0 Å². The number of aromatic nitrogens is 1. The van der Waals surface area contributed by atoms with Gasteiger partial charge >= 0.3 is 5.97 Å². The molecule has 1 amide bonds.